The van der Waals surface area contributed by atoms with Crippen LogP contribution >= 0.6 is 0 Å². The lowest BCUT2D eigenvalue weighted by atomic mass is 9.90. The van der Waals surface area contributed by atoms with Gasteiger partial charge in [-0.05, 0) is 42.3 Å². The van der Waals surface area contributed by atoms with Gasteiger partial charge in [-0.25, -0.2) is 0 Å². The van der Waals surface area contributed by atoms with Crippen LogP contribution in [0.15, 0.2) is 62.7 Å². The van der Waals surface area contributed by atoms with Crippen molar-refractivity contribution < 1.29 is 45.1 Å². The van der Waals surface area contributed by atoms with E-state index in [1.54, 1.807) is 12.1 Å². The highest BCUT2D eigenvalue weighted by atomic mass is 32.2. The van der Waals surface area contributed by atoms with E-state index in [1.807, 2.05) is 0 Å². The van der Waals surface area contributed by atoms with Crippen molar-refractivity contribution in [2.75, 3.05) is 26.0 Å². The lowest BCUT2D eigenvalue weighted by molar-refractivity contribution is -0.137. The molecule has 2 aromatic rings. The van der Waals surface area contributed by atoms with Crippen LogP contribution in [-0.2, 0) is 25.0 Å². The summed E-state index contributed by atoms with van der Waals surface area (Å²) in [4.78, 5) is 24.1. The molecule has 1 amide bonds. The summed E-state index contributed by atoms with van der Waals surface area (Å²) in [6.07, 6.45) is 0.0269. The van der Waals surface area contributed by atoms with Crippen molar-refractivity contribution >= 4 is 48.8 Å². The standard InChI is InChI=1S/C26H25N3O10S2/c1-28-19-12-10-17-21(14-6-3-4-7-15(14)26(32)29(2)13-5-8-20(30)31)16-9-11-18(27)24(40(33,34)35)22(16)39-23(17)25(19)41(36,37)38/h3-4,6-7,9-12,27-28H,5,8,13H2,1-2H3,(H,30,31)(H,33,34,35)(H,36,37,38). The van der Waals surface area contributed by atoms with Gasteiger partial charge in [-0.1, -0.05) is 18.2 Å². The van der Waals surface area contributed by atoms with E-state index in [0.29, 0.717) is 0 Å². The molecule has 2 aliphatic rings. The smallest absolute Gasteiger partial charge is 0.303 e. The third-order valence-corrected chi connectivity index (χ3v) is 8.25. The first-order valence-electron chi connectivity index (χ1n) is 12.0. The predicted octanol–water partition coefficient (Wildman–Crippen LogP) is 3.16. The van der Waals surface area contributed by atoms with Gasteiger partial charge in [-0.2, -0.15) is 16.8 Å². The Bertz CT molecular complexity index is 1950. The summed E-state index contributed by atoms with van der Waals surface area (Å²) in [5.74, 6) is -2.10. The van der Waals surface area contributed by atoms with Crippen molar-refractivity contribution in [1.82, 2.24) is 4.90 Å². The van der Waals surface area contributed by atoms with Gasteiger partial charge >= 0.3 is 5.97 Å². The summed E-state index contributed by atoms with van der Waals surface area (Å²) in [7, 11) is -7.21. The first-order valence-corrected chi connectivity index (χ1v) is 14.8. The lowest BCUT2D eigenvalue weighted by Gasteiger charge is -2.22. The van der Waals surface area contributed by atoms with Crippen LogP contribution < -0.4 is 10.7 Å². The molecule has 1 aliphatic heterocycles. The minimum absolute atomic E-state index is 0.0217. The van der Waals surface area contributed by atoms with E-state index in [9.17, 15) is 35.5 Å². The number of fused-ring (bicyclic) bond motifs is 2. The van der Waals surface area contributed by atoms with Crippen LogP contribution in [0.5, 0.6) is 0 Å². The fourth-order valence-corrected chi connectivity index (χ4v) is 6.20. The maximum absolute atomic E-state index is 13.5. The summed E-state index contributed by atoms with van der Waals surface area (Å²) < 4.78 is 75.6. The number of rotatable bonds is 9. The van der Waals surface area contributed by atoms with Gasteiger partial charge in [0.05, 0.1) is 11.0 Å². The molecule has 2 aromatic carbocycles. The summed E-state index contributed by atoms with van der Waals surface area (Å²) in [5, 5.41) is 19.1. The van der Waals surface area contributed by atoms with E-state index in [2.05, 4.69) is 5.32 Å². The van der Waals surface area contributed by atoms with Gasteiger partial charge in [0, 0.05) is 49.1 Å². The minimum Gasteiger partial charge on any atom is -0.481 e. The Morgan fingerprint density at radius 1 is 0.951 bits per heavy atom. The van der Waals surface area contributed by atoms with Crippen LogP contribution in [0, 0.1) is 5.41 Å². The highest BCUT2D eigenvalue weighted by molar-refractivity contribution is 7.86. The first kappa shape index (κ1) is 29.7. The molecule has 0 fully saturated rings. The summed E-state index contributed by atoms with van der Waals surface area (Å²) >= 11 is 0. The molecule has 15 heteroatoms. The molecule has 41 heavy (non-hydrogen) atoms. The maximum Gasteiger partial charge on any atom is 0.303 e. The van der Waals surface area contributed by atoms with E-state index in [1.165, 1.54) is 49.3 Å². The fraction of sp³-hybridized carbons (Fsp3) is 0.192. The molecule has 1 aliphatic carbocycles. The van der Waals surface area contributed by atoms with Gasteiger partial charge < -0.3 is 19.7 Å². The fourth-order valence-electron chi connectivity index (χ4n) is 4.63. The SMILES string of the molecule is CNc1ccc2c(-c3ccccc3C(=O)N(C)CCCC(=O)O)c3ccc(=N)c(S(=O)(=O)O)c-3oc2c1S(=O)(=O)O. The zero-order chi connectivity index (χ0) is 30.3. The van der Waals surface area contributed by atoms with Crippen LogP contribution in [0.2, 0.25) is 0 Å². The number of carboxylic acids is 1. The number of nitrogens with one attached hydrogen (secondary N) is 2. The number of carbonyl (C=O) groups excluding carboxylic acids is 1. The molecule has 13 nitrogen and oxygen atoms in total. The van der Waals surface area contributed by atoms with Crippen LogP contribution in [-0.4, -0.2) is 68.5 Å². The van der Waals surface area contributed by atoms with Crippen LogP contribution in [0.3, 0.4) is 0 Å². The number of hydrogen-bond acceptors (Lipinski definition) is 9. The highest BCUT2D eigenvalue weighted by Crippen LogP contribution is 2.46. The van der Waals surface area contributed by atoms with Crippen LogP contribution in [0.25, 0.3) is 33.4 Å². The molecule has 0 saturated heterocycles. The number of nitrogens with zero attached hydrogens (tertiary/aromatic N) is 1. The number of hydrogen-bond donors (Lipinski definition) is 5. The van der Waals surface area contributed by atoms with E-state index >= 15 is 0 Å². The average Bonchev–Trinajstić information content (AvgIpc) is 2.88. The van der Waals surface area contributed by atoms with E-state index in [0.717, 1.165) is 6.07 Å². The molecule has 0 spiro atoms. The third kappa shape index (κ3) is 5.65. The summed E-state index contributed by atoms with van der Waals surface area (Å²) in [6, 6.07) is 11.4. The number of benzene rings is 3. The Balaban J connectivity index is 2.15. The molecule has 0 radical (unpaired) electrons. The number of anilines is 1. The topological polar surface area (TPSA) is 215 Å². The molecule has 216 valence electrons. The molecule has 0 atom stereocenters. The Kier molecular flexibility index (Phi) is 7.91. The Labute approximate surface area is 234 Å². The van der Waals surface area contributed by atoms with Crippen LogP contribution in [0.4, 0.5) is 5.69 Å². The monoisotopic (exact) mass is 603 g/mol. The summed E-state index contributed by atoms with van der Waals surface area (Å²) in [5.41, 5.74) is -0.115. The normalized spacial score (nSPS) is 12.0. The highest BCUT2D eigenvalue weighted by Gasteiger charge is 2.32. The second-order valence-electron chi connectivity index (χ2n) is 9.08. The first-order chi connectivity index (χ1) is 19.2. The van der Waals surface area contributed by atoms with Gasteiger partial charge in [0.1, 0.15) is 0 Å². The van der Waals surface area contributed by atoms with Crippen molar-refractivity contribution in [2.24, 2.45) is 0 Å². The Morgan fingerprint density at radius 3 is 2.22 bits per heavy atom. The van der Waals surface area contributed by atoms with Gasteiger partial charge in [0.15, 0.2) is 21.1 Å². The molecular formula is C26H25N3O10S2. The molecule has 0 saturated carbocycles. The molecule has 0 bridgehead atoms. The Morgan fingerprint density at radius 2 is 1.61 bits per heavy atom. The number of aliphatic carboxylic acids is 1. The van der Waals surface area contributed by atoms with Crippen molar-refractivity contribution in [1.29, 1.82) is 5.41 Å². The van der Waals surface area contributed by atoms with Crippen molar-refractivity contribution in [3.8, 4) is 22.5 Å². The quantitative estimate of drug-likeness (QED) is 0.138. The average molecular weight is 604 g/mol. The van der Waals surface area contributed by atoms with Gasteiger partial charge in [-0.3, -0.25) is 24.1 Å². The molecule has 0 unspecified atom stereocenters. The second-order valence-corrected chi connectivity index (χ2v) is 11.8. The number of amides is 1. The predicted molar refractivity (Wildman–Crippen MR) is 147 cm³/mol. The molecule has 0 aromatic heterocycles. The summed E-state index contributed by atoms with van der Waals surface area (Å²) in [6.45, 7) is 0.110. The van der Waals surface area contributed by atoms with E-state index < -0.39 is 58.6 Å². The largest absolute Gasteiger partial charge is 0.481 e. The lowest BCUT2D eigenvalue weighted by Crippen LogP contribution is -2.28. The third-order valence-electron chi connectivity index (χ3n) is 6.41. The molecule has 4 rings (SSSR count). The van der Waals surface area contributed by atoms with Gasteiger partial charge in [0.25, 0.3) is 26.1 Å². The maximum atomic E-state index is 13.5. The Hall–Kier alpha value is -4.31. The minimum atomic E-state index is -5.08. The number of carboxylic acid groups (broad SMARTS) is 1. The van der Waals surface area contributed by atoms with E-state index in [-0.39, 0.29) is 52.7 Å². The molecule has 5 N–H and O–H groups in total. The second kappa shape index (κ2) is 10.9. The van der Waals surface area contributed by atoms with Crippen molar-refractivity contribution in [3.05, 3.63) is 59.5 Å². The van der Waals surface area contributed by atoms with E-state index in [4.69, 9.17) is 14.9 Å². The van der Waals surface area contributed by atoms with Crippen LogP contribution in [0.1, 0.15) is 23.2 Å². The van der Waals surface area contributed by atoms with Crippen molar-refractivity contribution in [2.45, 2.75) is 22.6 Å². The molecule has 1 heterocycles. The van der Waals surface area contributed by atoms with Gasteiger partial charge in [0.2, 0.25) is 0 Å². The zero-order valence-corrected chi connectivity index (χ0v) is 23.3. The van der Waals surface area contributed by atoms with Crippen molar-refractivity contribution in [3.63, 3.8) is 0 Å². The molecular weight excluding hydrogens is 578 g/mol. The number of carbonyl (C=O) groups is 2. The zero-order valence-electron chi connectivity index (χ0n) is 21.7. The van der Waals surface area contributed by atoms with Gasteiger partial charge in [-0.15, -0.1) is 0 Å².